The zero-order valence-electron chi connectivity index (χ0n) is 10.7. The fourth-order valence-corrected chi connectivity index (χ4v) is 2.95. The van der Waals surface area contributed by atoms with Crippen LogP contribution in [-0.2, 0) is 9.53 Å². The highest BCUT2D eigenvalue weighted by Crippen LogP contribution is 2.28. The summed E-state index contributed by atoms with van der Waals surface area (Å²) in [5.41, 5.74) is 5.33. The maximum Gasteiger partial charge on any atom is 0.220 e. The van der Waals surface area contributed by atoms with Gasteiger partial charge in [0, 0.05) is 24.6 Å². The van der Waals surface area contributed by atoms with Crippen molar-refractivity contribution in [1.82, 2.24) is 5.32 Å². The normalized spacial score (nSPS) is 37.5. The summed E-state index contributed by atoms with van der Waals surface area (Å²) < 4.78 is 5.54. The number of rotatable bonds is 5. The molecule has 0 atom stereocenters. The minimum absolute atomic E-state index is 0.116. The van der Waals surface area contributed by atoms with E-state index in [0.29, 0.717) is 18.2 Å². The van der Waals surface area contributed by atoms with Gasteiger partial charge in [-0.25, -0.2) is 0 Å². The summed E-state index contributed by atoms with van der Waals surface area (Å²) in [7, 11) is 0. The van der Waals surface area contributed by atoms with Gasteiger partial charge >= 0.3 is 0 Å². The highest BCUT2D eigenvalue weighted by molar-refractivity contribution is 5.76. The molecule has 1 amide bonds. The summed E-state index contributed by atoms with van der Waals surface area (Å²) in [6.45, 7) is 2.87. The van der Waals surface area contributed by atoms with Crippen molar-refractivity contribution in [3.8, 4) is 0 Å². The minimum atomic E-state index is -0.122. The van der Waals surface area contributed by atoms with Crippen molar-refractivity contribution in [3.63, 3.8) is 0 Å². The minimum Gasteiger partial charge on any atom is -0.378 e. The fraction of sp³-hybridized carbons (Fsp3) is 0.923. The van der Waals surface area contributed by atoms with Gasteiger partial charge in [-0.1, -0.05) is 0 Å². The molecule has 3 N–H and O–H groups in total. The van der Waals surface area contributed by atoms with E-state index in [2.05, 4.69) is 5.32 Å². The Morgan fingerprint density at radius 2 is 1.88 bits per heavy atom. The van der Waals surface area contributed by atoms with Crippen LogP contribution in [0, 0.1) is 5.92 Å². The molecule has 2 fully saturated rings. The smallest absolute Gasteiger partial charge is 0.220 e. The lowest BCUT2D eigenvalue weighted by Crippen LogP contribution is -2.50. The first-order valence-corrected chi connectivity index (χ1v) is 6.86. The van der Waals surface area contributed by atoms with Gasteiger partial charge in [-0.2, -0.15) is 0 Å². The van der Waals surface area contributed by atoms with Crippen molar-refractivity contribution in [2.24, 2.45) is 11.7 Å². The van der Waals surface area contributed by atoms with E-state index in [1.54, 1.807) is 0 Å². The Morgan fingerprint density at radius 3 is 2.41 bits per heavy atom. The first-order valence-electron chi connectivity index (χ1n) is 6.86. The Hall–Kier alpha value is -0.610. The summed E-state index contributed by atoms with van der Waals surface area (Å²) in [5.74, 6) is -0.00545. The quantitative estimate of drug-likeness (QED) is 0.758. The first kappa shape index (κ1) is 12.8. The van der Waals surface area contributed by atoms with Crippen LogP contribution >= 0.6 is 0 Å². The van der Waals surface area contributed by atoms with Gasteiger partial charge < -0.3 is 15.8 Å². The molecule has 2 aliphatic carbocycles. The number of hydrogen-bond acceptors (Lipinski definition) is 3. The molecule has 2 saturated carbocycles. The molecule has 0 aromatic carbocycles. The molecule has 2 aliphatic rings. The predicted molar refractivity (Wildman–Crippen MR) is 66.5 cm³/mol. The van der Waals surface area contributed by atoms with Crippen molar-refractivity contribution in [1.29, 1.82) is 0 Å². The van der Waals surface area contributed by atoms with Gasteiger partial charge in [-0.15, -0.1) is 0 Å². The third-order valence-electron chi connectivity index (χ3n) is 4.10. The lowest BCUT2D eigenvalue weighted by Gasteiger charge is -2.39. The Balaban J connectivity index is 1.61. The van der Waals surface area contributed by atoms with Crippen LogP contribution < -0.4 is 11.1 Å². The van der Waals surface area contributed by atoms with E-state index in [1.165, 1.54) is 0 Å². The second-order valence-electron chi connectivity index (χ2n) is 5.36. The Bertz CT molecular complexity index is 256. The van der Waals surface area contributed by atoms with E-state index in [9.17, 15) is 4.79 Å². The average Bonchev–Trinajstić information content (AvgIpc) is 2.27. The van der Waals surface area contributed by atoms with Crippen LogP contribution in [0.3, 0.4) is 0 Å². The van der Waals surface area contributed by atoms with Crippen molar-refractivity contribution >= 4 is 5.91 Å². The molecule has 98 valence electrons. The average molecular weight is 240 g/mol. The van der Waals surface area contributed by atoms with Gasteiger partial charge in [0.15, 0.2) is 0 Å². The molecule has 4 heteroatoms. The number of ether oxygens (including phenoxy) is 1. The SMILES string of the molecule is CCOC1CC(NC2CCC(C(N)=O)CC2)C1. The summed E-state index contributed by atoms with van der Waals surface area (Å²) in [6.07, 6.45) is 6.84. The van der Waals surface area contributed by atoms with Crippen LogP contribution in [0.25, 0.3) is 0 Å². The molecule has 0 spiro atoms. The number of carbonyl (C=O) groups is 1. The Morgan fingerprint density at radius 1 is 1.24 bits per heavy atom. The molecular formula is C13H24N2O2. The Labute approximate surface area is 103 Å². The van der Waals surface area contributed by atoms with Gasteiger partial charge in [-0.05, 0) is 45.4 Å². The molecular weight excluding hydrogens is 216 g/mol. The lowest BCUT2D eigenvalue weighted by atomic mass is 9.83. The van der Waals surface area contributed by atoms with E-state index in [0.717, 1.165) is 45.1 Å². The monoisotopic (exact) mass is 240 g/mol. The number of amides is 1. The predicted octanol–water partition coefficient (Wildman–Crippen LogP) is 1.19. The lowest BCUT2D eigenvalue weighted by molar-refractivity contribution is -0.122. The standard InChI is InChI=1S/C13H24N2O2/c1-2-17-12-7-11(8-12)15-10-5-3-9(4-6-10)13(14)16/h9-12,15H,2-8H2,1H3,(H2,14,16). The van der Waals surface area contributed by atoms with Crippen LogP contribution in [0.2, 0.25) is 0 Å². The number of hydrogen-bond donors (Lipinski definition) is 2. The van der Waals surface area contributed by atoms with Crippen LogP contribution in [0.5, 0.6) is 0 Å². The third kappa shape index (κ3) is 3.42. The number of primary amides is 1. The summed E-state index contributed by atoms with van der Waals surface area (Å²) in [6, 6.07) is 1.21. The molecule has 0 saturated heterocycles. The second-order valence-corrected chi connectivity index (χ2v) is 5.36. The highest BCUT2D eigenvalue weighted by Gasteiger charge is 2.32. The molecule has 0 aliphatic heterocycles. The van der Waals surface area contributed by atoms with Crippen LogP contribution in [0.4, 0.5) is 0 Å². The van der Waals surface area contributed by atoms with Gasteiger partial charge in [-0.3, -0.25) is 4.79 Å². The largest absolute Gasteiger partial charge is 0.378 e. The van der Waals surface area contributed by atoms with Gasteiger partial charge in [0.1, 0.15) is 0 Å². The van der Waals surface area contributed by atoms with E-state index >= 15 is 0 Å². The van der Waals surface area contributed by atoms with E-state index in [-0.39, 0.29) is 11.8 Å². The maximum atomic E-state index is 11.1. The number of nitrogens with two attached hydrogens (primary N) is 1. The zero-order chi connectivity index (χ0) is 12.3. The molecule has 2 rings (SSSR count). The van der Waals surface area contributed by atoms with Crippen molar-refractivity contribution in [3.05, 3.63) is 0 Å². The molecule has 0 radical (unpaired) electrons. The maximum absolute atomic E-state index is 11.1. The highest BCUT2D eigenvalue weighted by atomic mass is 16.5. The topological polar surface area (TPSA) is 64.3 Å². The number of carbonyl (C=O) groups excluding carboxylic acids is 1. The second kappa shape index (κ2) is 5.83. The molecule has 17 heavy (non-hydrogen) atoms. The summed E-state index contributed by atoms with van der Waals surface area (Å²) >= 11 is 0. The Kier molecular flexibility index (Phi) is 4.40. The van der Waals surface area contributed by atoms with E-state index in [4.69, 9.17) is 10.5 Å². The summed E-state index contributed by atoms with van der Waals surface area (Å²) in [4.78, 5) is 11.1. The fourth-order valence-electron chi connectivity index (χ4n) is 2.95. The van der Waals surface area contributed by atoms with E-state index in [1.807, 2.05) is 6.92 Å². The van der Waals surface area contributed by atoms with Crippen molar-refractivity contribution in [2.45, 2.75) is 63.6 Å². The molecule has 0 heterocycles. The van der Waals surface area contributed by atoms with Gasteiger partial charge in [0.25, 0.3) is 0 Å². The van der Waals surface area contributed by atoms with Crippen molar-refractivity contribution < 1.29 is 9.53 Å². The van der Waals surface area contributed by atoms with Crippen LogP contribution in [0.15, 0.2) is 0 Å². The summed E-state index contributed by atoms with van der Waals surface area (Å²) in [5, 5.41) is 3.67. The van der Waals surface area contributed by atoms with Crippen molar-refractivity contribution in [2.75, 3.05) is 6.61 Å². The third-order valence-corrected chi connectivity index (χ3v) is 4.10. The van der Waals surface area contributed by atoms with E-state index < -0.39 is 0 Å². The molecule has 0 aromatic rings. The van der Waals surface area contributed by atoms with Crippen LogP contribution in [-0.4, -0.2) is 30.7 Å². The van der Waals surface area contributed by atoms with Gasteiger partial charge in [0.05, 0.1) is 6.10 Å². The molecule has 4 nitrogen and oxygen atoms in total. The molecule has 0 aromatic heterocycles. The number of nitrogens with one attached hydrogen (secondary N) is 1. The molecule has 0 unspecified atom stereocenters. The zero-order valence-corrected chi connectivity index (χ0v) is 10.7. The van der Waals surface area contributed by atoms with Gasteiger partial charge in [0.2, 0.25) is 5.91 Å². The molecule has 0 bridgehead atoms. The first-order chi connectivity index (χ1) is 8.19. The van der Waals surface area contributed by atoms with Crippen LogP contribution in [0.1, 0.15) is 45.4 Å².